The third kappa shape index (κ3) is 4.19. The maximum absolute atomic E-state index is 12.0. The van der Waals surface area contributed by atoms with E-state index in [9.17, 15) is 9.59 Å². The molecule has 22 heavy (non-hydrogen) atoms. The smallest absolute Gasteiger partial charge is 0.251 e. The minimum absolute atomic E-state index is 0.0529. The topological polar surface area (TPSA) is 58.2 Å². The van der Waals surface area contributed by atoms with Gasteiger partial charge in [0.25, 0.3) is 5.91 Å². The maximum atomic E-state index is 12.0. The van der Waals surface area contributed by atoms with E-state index in [1.807, 2.05) is 43.3 Å². The molecule has 0 aliphatic carbocycles. The standard InChI is InChI=1S/C18H20N2O2/c1-3-14-8-10-15(11-9-14)20-17(21)12-19-18(22)16-7-5-4-6-13(16)2/h4-11H,3,12H2,1-2H3,(H,19,22)(H,20,21). The van der Waals surface area contributed by atoms with Crippen LogP contribution in [0, 0.1) is 6.92 Å². The molecule has 0 fully saturated rings. The Kier molecular flexibility index (Phi) is 5.31. The Morgan fingerprint density at radius 1 is 1.00 bits per heavy atom. The lowest BCUT2D eigenvalue weighted by molar-refractivity contribution is -0.115. The maximum Gasteiger partial charge on any atom is 0.251 e. The fourth-order valence-electron chi connectivity index (χ4n) is 2.11. The molecule has 0 spiro atoms. The van der Waals surface area contributed by atoms with Crippen LogP contribution in [0.2, 0.25) is 0 Å². The molecule has 0 aromatic heterocycles. The first kappa shape index (κ1) is 15.8. The van der Waals surface area contributed by atoms with Gasteiger partial charge in [0.2, 0.25) is 5.91 Å². The predicted molar refractivity (Wildman–Crippen MR) is 88.0 cm³/mol. The average Bonchev–Trinajstić information content (AvgIpc) is 2.54. The highest BCUT2D eigenvalue weighted by Crippen LogP contribution is 2.10. The fourth-order valence-corrected chi connectivity index (χ4v) is 2.11. The number of amides is 2. The normalized spacial score (nSPS) is 10.1. The monoisotopic (exact) mass is 296 g/mol. The van der Waals surface area contributed by atoms with Crippen LogP contribution in [0.3, 0.4) is 0 Å². The van der Waals surface area contributed by atoms with Crippen LogP contribution >= 0.6 is 0 Å². The summed E-state index contributed by atoms with van der Waals surface area (Å²) in [5.41, 5.74) is 3.41. The SMILES string of the molecule is CCc1ccc(NC(=O)CNC(=O)c2ccccc2C)cc1. The number of anilines is 1. The van der Waals surface area contributed by atoms with Crippen molar-refractivity contribution in [2.45, 2.75) is 20.3 Å². The van der Waals surface area contributed by atoms with Crippen molar-refractivity contribution < 1.29 is 9.59 Å². The molecule has 0 unspecified atom stereocenters. The molecular weight excluding hydrogens is 276 g/mol. The van der Waals surface area contributed by atoms with Gasteiger partial charge in [0.05, 0.1) is 6.54 Å². The van der Waals surface area contributed by atoms with Gasteiger partial charge in [0.1, 0.15) is 0 Å². The second kappa shape index (κ2) is 7.41. The highest BCUT2D eigenvalue weighted by Gasteiger charge is 2.10. The van der Waals surface area contributed by atoms with Crippen LogP contribution in [0.4, 0.5) is 5.69 Å². The molecule has 2 aromatic rings. The van der Waals surface area contributed by atoms with Gasteiger partial charge >= 0.3 is 0 Å². The Morgan fingerprint density at radius 2 is 1.68 bits per heavy atom. The van der Waals surface area contributed by atoms with E-state index in [4.69, 9.17) is 0 Å². The number of hydrogen-bond donors (Lipinski definition) is 2. The van der Waals surface area contributed by atoms with Gasteiger partial charge in [0, 0.05) is 11.3 Å². The first-order chi connectivity index (χ1) is 10.6. The van der Waals surface area contributed by atoms with E-state index in [0.29, 0.717) is 5.56 Å². The summed E-state index contributed by atoms with van der Waals surface area (Å²) in [5.74, 6) is -0.485. The van der Waals surface area contributed by atoms with Crippen molar-refractivity contribution >= 4 is 17.5 Å². The van der Waals surface area contributed by atoms with Crippen molar-refractivity contribution in [3.8, 4) is 0 Å². The van der Waals surface area contributed by atoms with E-state index in [0.717, 1.165) is 17.7 Å². The van der Waals surface area contributed by atoms with Crippen molar-refractivity contribution in [3.05, 3.63) is 65.2 Å². The molecule has 0 saturated heterocycles. The molecule has 2 rings (SSSR count). The Bertz CT molecular complexity index is 663. The quantitative estimate of drug-likeness (QED) is 0.891. The predicted octanol–water partition coefficient (Wildman–Crippen LogP) is 2.93. The summed E-state index contributed by atoms with van der Waals surface area (Å²) in [6.07, 6.45) is 0.959. The number of carbonyl (C=O) groups is 2. The molecule has 0 atom stereocenters. The molecule has 0 aliphatic heterocycles. The lowest BCUT2D eigenvalue weighted by Gasteiger charge is -2.09. The van der Waals surface area contributed by atoms with Crippen molar-refractivity contribution in [1.82, 2.24) is 5.32 Å². The zero-order valence-corrected chi connectivity index (χ0v) is 12.8. The third-order valence-electron chi connectivity index (χ3n) is 3.45. The van der Waals surface area contributed by atoms with E-state index in [-0.39, 0.29) is 18.4 Å². The van der Waals surface area contributed by atoms with Crippen LogP contribution in [0.1, 0.15) is 28.4 Å². The number of rotatable bonds is 5. The number of aryl methyl sites for hydroxylation is 2. The molecular formula is C18H20N2O2. The summed E-state index contributed by atoms with van der Waals surface area (Å²) >= 11 is 0. The molecule has 4 heteroatoms. The minimum atomic E-state index is -0.244. The van der Waals surface area contributed by atoms with E-state index in [1.54, 1.807) is 12.1 Å². The highest BCUT2D eigenvalue weighted by atomic mass is 16.2. The van der Waals surface area contributed by atoms with Crippen LogP contribution in [0.5, 0.6) is 0 Å². The first-order valence-corrected chi connectivity index (χ1v) is 7.32. The Hall–Kier alpha value is -2.62. The van der Waals surface area contributed by atoms with Gasteiger partial charge in [-0.05, 0) is 42.7 Å². The second-order valence-corrected chi connectivity index (χ2v) is 5.10. The average molecular weight is 296 g/mol. The summed E-state index contributed by atoms with van der Waals surface area (Å²) in [6, 6.07) is 15.0. The van der Waals surface area contributed by atoms with Gasteiger partial charge in [-0.25, -0.2) is 0 Å². The third-order valence-corrected chi connectivity index (χ3v) is 3.45. The van der Waals surface area contributed by atoms with Crippen molar-refractivity contribution in [2.75, 3.05) is 11.9 Å². The van der Waals surface area contributed by atoms with Crippen LogP contribution in [-0.2, 0) is 11.2 Å². The van der Waals surface area contributed by atoms with E-state index in [1.165, 1.54) is 5.56 Å². The fraction of sp³-hybridized carbons (Fsp3) is 0.222. The van der Waals surface area contributed by atoms with E-state index >= 15 is 0 Å². The summed E-state index contributed by atoms with van der Waals surface area (Å²) in [5, 5.41) is 5.39. The van der Waals surface area contributed by atoms with Gasteiger partial charge in [-0.3, -0.25) is 9.59 Å². The van der Waals surface area contributed by atoms with Gasteiger partial charge in [-0.2, -0.15) is 0 Å². The molecule has 2 aromatic carbocycles. The lowest BCUT2D eigenvalue weighted by Crippen LogP contribution is -2.33. The molecule has 0 aliphatic rings. The zero-order valence-electron chi connectivity index (χ0n) is 12.8. The molecule has 0 saturated carbocycles. The van der Waals surface area contributed by atoms with Crippen molar-refractivity contribution in [1.29, 1.82) is 0 Å². The Morgan fingerprint density at radius 3 is 2.32 bits per heavy atom. The highest BCUT2D eigenvalue weighted by molar-refractivity contribution is 6.00. The zero-order chi connectivity index (χ0) is 15.9. The van der Waals surface area contributed by atoms with Crippen molar-refractivity contribution in [2.24, 2.45) is 0 Å². The molecule has 114 valence electrons. The van der Waals surface area contributed by atoms with Gasteiger partial charge < -0.3 is 10.6 Å². The second-order valence-electron chi connectivity index (χ2n) is 5.10. The Labute approximate surface area is 130 Å². The molecule has 0 heterocycles. The summed E-state index contributed by atoms with van der Waals surface area (Å²) < 4.78 is 0. The minimum Gasteiger partial charge on any atom is -0.343 e. The molecule has 4 nitrogen and oxygen atoms in total. The van der Waals surface area contributed by atoms with Gasteiger partial charge in [-0.1, -0.05) is 37.3 Å². The molecule has 0 bridgehead atoms. The molecule has 2 N–H and O–H groups in total. The number of nitrogens with one attached hydrogen (secondary N) is 2. The van der Waals surface area contributed by atoms with Crippen LogP contribution in [0.25, 0.3) is 0 Å². The summed E-state index contributed by atoms with van der Waals surface area (Å²) in [6.45, 7) is 3.89. The first-order valence-electron chi connectivity index (χ1n) is 7.32. The molecule has 2 amide bonds. The largest absolute Gasteiger partial charge is 0.343 e. The van der Waals surface area contributed by atoms with Crippen molar-refractivity contribution in [3.63, 3.8) is 0 Å². The van der Waals surface area contributed by atoms with E-state index < -0.39 is 0 Å². The summed E-state index contributed by atoms with van der Waals surface area (Å²) in [4.78, 5) is 23.9. The molecule has 0 radical (unpaired) electrons. The Balaban J connectivity index is 1.87. The van der Waals surface area contributed by atoms with Crippen LogP contribution in [0.15, 0.2) is 48.5 Å². The number of benzene rings is 2. The number of hydrogen-bond acceptors (Lipinski definition) is 2. The number of carbonyl (C=O) groups excluding carboxylic acids is 2. The van der Waals surface area contributed by atoms with E-state index in [2.05, 4.69) is 17.6 Å². The summed E-state index contributed by atoms with van der Waals surface area (Å²) in [7, 11) is 0. The van der Waals surface area contributed by atoms with Crippen LogP contribution < -0.4 is 10.6 Å². The van der Waals surface area contributed by atoms with Crippen LogP contribution in [-0.4, -0.2) is 18.4 Å². The van der Waals surface area contributed by atoms with Gasteiger partial charge in [-0.15, -0.1) is 0 Å². The lowest BCUT2D eigenvalue weighted by atomic mass is 10.1. The van der Waals surface area contributed by atoms with Gasteiger partial charge in [0.15, 0.2) is 0 Å².